The highest BCUT2D eigenvalue weighted by atomic mass is 16.2. The van der Waals surface area contributed by atoms with Crippen LogP contribution in [0.15, 0.2) is 36.7 Å². The number of amides is 2. The molecule has 2 fully saturated rings. The number of hydrogen-bond acceptors (Lipinski definition) is 5. The van der Waals surface area contributed by atoms with Gasteiger partial charge in [-0.15, -0.1) is 0 Å². The molecule has 3 heterocycles. The first-order valence-corrected chi connectivity index (χ1v) is 10.4. The first-order valence-electron chi connectivity index (χ1n) is 10.4. The van der Waals surface area contributed by atoms with Gasteiger partial charge in [0.2, 0.25) is 5.91 Å². The summed E-state index contributed by atoms with van der Waals surface area (Å²) in [6.07, 6.45) is 4.16. The predicted molar refractivity (Wildman–Crippen MR) is 113 cm³/mol. The smallest absolute Gasteiger partial charge is 0.257 e. The summed E-state index contributed by atoms with van der Waals surface area (Å²) in [5.41, 5.74) is 8.88. The fraction of sp³-hybridized carbons (Fsp3) is 0.435. The van der Waals surface area contributed by atoms with Gasteiger partial charge in [-0.25, -0.2) is 9.97 Å². The number of nitrogens with two attached hydrogens (primary N) is 1. The molecule has 30 heavy (non-hydrogen) atoms. The minimum absolute atomic E-state index is 0.00964. The minimum atomic E-state index is -0.313. The molecule has 2 unspecified atom stereocenters. The Morgan fingerprint density at radius 3 is 2.23 bits per heavy atom. The molecule has 7 heteroatoms. The standard InChI is InChI=1S/C23H28N5O2/c1-15-21(16(2)26-14-25-15)23(30)28-12-18-10-27(11-19(18)13-28)20(22(24)29)9-8-17-6-4-3-5-7-17/h3-8,14,18-20H,9-13H2,1-2H3,(H2,24,29)/t18?,19?,20-/m0/s1. The van der Waals surface area contributed by atoms with Crippen molar-refractivity contribution in [3.8, 4) is 0 Å². The van der Waals surface area contributed by atoms with Crippen molar-refractivity contribution in [2.75, 3.05) is 26.2 Å². The SMILES string of the molecule is Cc1ncnc(C)c1C(=O)N1CC2CN([C@@H](C[CH]c3ccccc3)C(N)=O)CC2C1. The van der Waals surface area contributed by atoms with Crippen molar-refractivity contribution in [3.05, 3.63) is 65.6 Å². The molecule has 4 rings (SSSR count). The molecule has 1 radical (unpaired) electrons. The molecule has 7 nitrogen and oxygen atoms in total. The summed E-state index contributed by atoms with van der Waals surface area (Å²) in [6.45, 7) is 6.66. The van der Waals surface area contributed by atoms with E-state index in [9.17, 15) is 9.59 Å². The molecule has 2 aromatic rings. The zero-order valence-electron chi connectivity index (χ0n) is 17.5. The van der Waals surface area contributed by atoms with E-state index in [1.807, 2.05) is 49.1 Å². The van der Waals surface area contributed by atoms with Crippen LogP contribution in [0.1, 0.15) is 33.7 Å². The maximum Gasteiger partial charge on any atom is 0.257 e. The van der Waals surface area contributed by atoms with E-state index in [4.69, 9.17) is 5.73 Å². The highest BCUT2D eigenvalue weighted by Crippen LogP contribution is 2.34. The highest BCUT2D eigenvalue weighted by Gasteiger charge is 2.44. The lowest BCUT2D eigenvalue weighted by Crippen LogP contribution is -2.45. The van der Waals surface area contributed by atoms with E-state index in [0.717, 1.165) is 30.0 Å². The lowest BCUT2D eigenvalue weighted by Gasteiger charge is -2.27. The van der Waals surface area contributed by atoms with Crippen molar-refractivity contribution in [2.45, 2.75) is 26.3 Å². The van der Waals surface area contributed by atoms with Crippen LogP contribution in [0.4, 0.5) is 0 Å². The summed E-state index contributed by atoms with van der Waals surface area (Å²) in [7, 11) is 0. The van der Waals surface area contributed by atoms with Crippen molar-refractivity contribution in [1.82, 2.24) is 19.8 Å². The van der Waals surface area contributed by atoms with Gasteiger partial charge in [-0.05, 0) is 44.1 Å². The minimum Gasteiger partial charge on any atom is -0.368 e. The van der Waals surface area contributed by atoms with Crippen LogP contribution in [0, 0.1) is 32.1 Å². The van der Waals surface area contributed by atoms with E-state index in [1.165, 1.54) is 6.33 Å². The van der Waals surface area contributed by atoms with Gasteiger partial charge in [0.25, 0.3) is 5.91 Å². The molecular formula is C23H28N5O2. The van der Waals surface area contributed by atoms with Gasteiger partial charge in [-0.3, -0.25) is 14.5 Å². The summed E-state index contributed by atoms with van der Waals surface area (Å²) in [5.74, 6) is 0.439. The number of carbonyl (C=O) groups is 2. The normalized spacial score (nSPS) is 22.1. The summed E-state index contributed by atoms with van der Waals surface area (Å²) < 4.78 is 0. The van der Waals surface area contributed by atoms with Crippen LogP contribution < -0.4 is 5.73 Å². The number of rotatable bonds is 6. The van der Waals surface area contributed by atoms with E-state index in [-0.39, 0.29) is 17.9 Å². The van der Waals surface area contributed by atoms with Gasteiger partial charge in [0.15, 0.2) is 0 Å². The Bertz CT molecular complexity index is 898. The van der Waals surface area contributed by atoms with Crippen LogP contribution in [0.25, 0.3) is 0 Å². The lowest BCUT2D eigenvalue weighted by molar-refractivity contribution is -0.123. The van der Waals surface area contributed by atoms with E-state index in [2.05, 4.69) is 21.3 Å². The van der Waals surface area contributed by atoms with Crippen LogP contribution in [0.3, 0.4) is 0 Å². The van der Waals surface area contributed by atoms with E-state index < -0.39 is 0 Å². The molecule has 157 valence electrons. The monoisotopic (exact) mass is 406 g/mol. The molecule has 2 aliphatic rings. The number of primary amides is 1. The number of aryl methyl sites for hydroxylation is 2. The van der Waals surface area contributed by atoms with Crippen LogP contribution in [-0.2, 0) is 4.79 Å². The molecule has 1 aromatic heterocycles. The third-order valence-electron chi connectivity index (χ3n) is 6.39. The third kappa shape index (κ3) is 4.07. The molecule has 0 aliphatic carbocycles. The van der Waals surface area contributed by atoms with Gasteiger partial charge < -0.3 is 10.6 Å². The summed E-state index contributed by atoms with van der Waals surface area (Å²) in [4.78, 5) is 37.7. The number of aromatic nitrogens is 2. The van der Waals surface area contributed by atoms with Gasteiger partial charge in [0.05, 0.1) is 23.0 Å². The molecule has 0 spiro atoms. The van der Waals surface area contributed by atoms with E-state index in [0.29, 0.717) is 36.9 Å². The maximum atomic E-state index is 13.1. The van der Waals surface area contributed by atoms with Crippen molar-refractivity contribution in [3.63, 3.8) is 0 Å². The number of benzene rings is 1. The average molecular weight is 407 g/mol. The van der Waals surface area contributed by atoms with Gasteiger partial charge in [0, 0.05) is 26.2 Å². The largest absolute Gasteiger partial charge is 0.368 e. The molecule has 2 saturated heterocycles. The van der Waals surface area contributed by atoms with E-state index >= 15 is 0 Å². The predicted octanol–water partition coefficient (Wildman–Crippen LogP) is 1.59. The van der Waals surface area contributed by atoms with Gasteiger partial charge in [-0.1, -0.05) is 30.3 Å². The third-order valence-corrected chi connectivity index (χ3v) is 6.39. The van der Waals surface area contributed by atoms with Gasteiger partial charge >= 0.3 is 0 Å². The number of likely N-dealkylation sites (tertiary alicyclic amines) is 2. The Labute approximate surface area is 177 Å². The Morgan fingerprint density at radius 1 is 1.07 bits per heavy atom. The molecule has 3 atom stereocenters. The molecule has 1 aromatic carbocycles. The van der Waals surface area contributed by atoms with Crippen molar-refractivity contribution >= 4 is 11.8 Å². The first kappa shape index (κ1) is 20.5. The molecule has 0 saturated carbocycles. The summed E-state index contributed by atoms with van der Waals surface area (Å²) >= 11 is 0. The quantitative estimate of drug-likeness (QED) is 0.787. The fourth-order valence-electron chi connectivity index (χ4n) is 4.79. The Hall–Kier alpha value is -2.80. The van der Waals surface area contributed by atoms with Crippen molar-refractivity contribution in [1.29, 1.82) is 0 Å². The Morgan fingerprint density at radius 2 is 1.67 bits per heavy atom. The molecule has 0 bridgehead atoms. The second-order valence-electron chi connectivity index (χ2n) is 8.37. The topological polar surface area (TPSA) is 92.4 Å². The lowest BCUT2D eigenvalue weighted by atomic mass is 10.0. The summed E-state index contributed by atoms with van der Waals surface area (Å²) in [5, 5.41) is 0. The van der Waals surface area contributed by atoms with E-state index in [1.54, 1.807) is 0 Å². The fourth-order valence-corrected chi connectivity index (χ4v) is 4.79. The van der Waals surface area contributed by atoms with Crippen LogP contribution >= 0.6 is 0 Å². The summed E-state index contributed by atoms with van der Waals surface area (Å²) in [6, 6.07) is 9.68. The number of nitrogens with zero attached hydrogens (tertiary/aromatic N) is 4. The number of fused-ring (bicyclic) bond motifs is 1. The average Bonchev–Trinajstić information content (AvgIpc) is 3.28. The Balaban J connectivity index is 1.38. The maximum absolute atomic E-state index is 13.1. The number of hydrogen-bond donors (Lipinski definition) is 1. The second-order valence-corrected chi connectivity index (χ2v) is 8.37. The van der Waals surface area contributed by atoms with Gasteiger partial charge in [-0.2, -0.15) is 0 Å². The number of carbonyl (C=O) groups excluding carboxylic acids is 2. The Kier molecular flexibility index (Phi) is 5.81. The highest BCUT2D eigenvalue weighted by molar-refractivity contribution is 5.96. The van der Waals surface area contributed by atoms with Crippen molar-refractivity contribution < 1.29 is 9.59 Å². The second kappa shape index (κ2) is 8.52. The van der Waals surface area contributed by atoms with Gasteiger partial charge in [0.1, 0.15) is 6.33 Å². The van der Waals surface area contributed by atoms with Crippen LogP contribution in [0.5, 0.6) is 0 Å². The zero-order valence-corrected chi connectivity index (χ0v) is 17.5. The van der Waals surface area contributed by atoms with Crippen LogP contribution in [-0.4, -0.2) is 63.8 Å². The molecule has 2 aliphatic heterocycles. The van der Waals surface area contributed by atoms with Crippen LogP contribution in [0.2, 0.25) is 0 Å². The first-order chi connectivity index (χ1) is 14.4. The molecule has 2 N–H and O–H groups in total. The van der Waals surface area contributed by atoms with Crippen molar-refractivity contribution in [2.24, 2.45) is 17.6 Å². The molecule has 2 amide bonds. The molecular weight excluding hydrogens is 378 g/mol. The zero-order chi connectivity index (χ0) is 21.3.